The summed E-state index contributed by atoms with van der Waals surface area (Å²) in [6.07, 6.45) is -4.49. The molecule has 0 aliphatic carbocycles. The number of benzene rings is 2. The fourth-order valence-electron chi connectivity index (χ4n) is 2.86. The van der Waals surface area contributed by atoms with Crippen LogP contribution < -0.4 is 10.1 Å². The third kappa shape index (κ3) is 1.92. The fourth-order valence-corrected chi connectivity index (χ4v) is 2.86. The Labute approximate surface area is 120 Å². The van der Waals surface area contributed by atoms with E-state index in [4.69, 9.17) is 4.74 Å². The normalized spacial score (nSPS) is 15.8. The van der Waals surface area contributed by atoms with Gasteiger partial charge in [-0.2, -0.15) is 13.2 Å². The lowest BCUT2D eigenvalue weighted by Gasteiger charge is -2.41. The molecular weight excluding hydrogens is 279 g/mol. The van der Waals surface area contributed by atoms with Crippen molar-refractivity contribution in [1.82, 2.24) is 5.32 Å². The third-order valence-corrected chi connectivity index (χ3v) is 3.67. The van der Waals surface area contributed by atoms with Gasteiger partial charge in [0.05, 0.1) is 0 Å². The number of para-hydroxylation sites is 2. The Kier molecular flexibility index (Phi) is 3.17. The van der Waals surface area contributed by atoms with Crippen molar-refractivity contribution in [3.05, 3.63) is 59.7 Å². The van der Waals surface area contributed by atoms with E-state index in [0.29, 0.717) is 0 Å². The van der Waals surface area contributed by atoms with Gasteiger partial charge in [-0.15, -0.1) is 0 Å². The Morgan fingerprint density at radius 3 is 1.86 bits per heavy atom. The molecule has 2 aromatic carbocycles. The molecular formula is C16H14F3NO. The number of alkyl halides is 3. The minimum atomic E-state index is -4.49. The van der Waals surface area contributed by atoms with Gasteiger partial charge in [-0.25, -0.2) is 0 Å². The number of fused-ring (bicyclic) bond motifs is 2. The molecule has 1 aliphatic rings. The zero-order chi connectivity index (χ0) is 15.1. The van der Waals surface area contributed by atoms with Crippen LogP contribution >= 0.6 is 0 Å². The Morgan fingerprint density at radius 2 is 1.43 bits per heavy atom. The van der Waals surface area contributed by atoms with E-state index in [1.807, 2.05) is 0 Å². The second-order valence-electron chi connectivity index (χ2n) is 4.87. The summed E-state index contributed by atoms with van der Waals surface area (Å²) >= 11 is 0. The molecule has 1 aliphatic heterocycles. The van der Waals surface area contributed by atoms with E-state index >= 15 is 0 Å². The van der Waals surface area contributed by atoms with Crippen molar-refractivity contribution in [2.24, 2.45) is 0 Å². The van der Waals surface area contributed by atoms with Crippen LogP contribution in [0.3, 0.4) is 0 Å². The number of hydrogen-bond acceptors (Lipinski definition) is 2. The van der Waals surface area contributed by atoms with Crippen molar-refractivity contribution in [1.29, 1.82) is 0 Å². The van der Waals surface area contributed by atoms with E-state index in [9.17, 15) is 13.2 Å². The molecule has 0 saturated heterocycles. The van der Waals surface area contributed by atoms with Crippen LogP contribution in [-0.4, -0.2) is 12.7 Å². The molecule has 0 radical (unpaired) electrons. The van der Waals surface area contributed by atoms with E-state index in [1.165, 1.54) is 12.1 Å². The predicted octanol–water partition coefficient (Wildman–Crippen LogP) is 4.21. The number of ether oxygens (including phenoxy) is 1. The molecule has 5 heteroatoms. The molecule has 0 amide bonds. The molecule has 1 heterocycles. The number of nitrogens with one attached hydrogen (secondary N) is 1. The monoisotopic (exact) mass is 293 g/mol. The first-order chi connectivity index (χ1) is 10.0. The van der Waals surface area contributed by atoms with Gasteiger partial charge < -0.3 is 4.74 Å². The summed E-state index contributed by atoms with van der Waals surface area (Å²) in [5, 5.41) is 2.65. The molecule has 0 atom stereocenters. The van der Waals surface area contributed by atoms with Gasteiger partial charge in [0.1, 0.15) is 11.5 Å². The molecule has 0 aromatic heterocycles. The predicted molar refractivity (Wildman–Crippen MR) is 73.5 cm³/mol. The molecule has 0 fully saturated rings. The summed E-state index contributed by atoms with van der Waals surface area (Å²) in [6.45, 7) is 1.84. The maximum Gasteiger partial charge on any atom is 0.415 e. The number of halogens is 3. The largest absolute Gasteiger partial charge is 0.457 e. The summed E-state index contributed by atoms with van der Waals surface area (Å²) in [5.41, 5.74) is -2.05. The highest BCUT2D eigenvalue weighted by molar-refractivity contribution is 5.58. The standard InChI is InChI=1S/C16H14F3NO/c1-2-20-15(16(17,18)19)11-7-3-5-9-13(11)21-14-10-6-4-8-12(14)15/h3-10,20H,2H2,1H3. The van der Waals surface area contributed by atoms with Crippen molar-refractivity contribution < 1.29 is 17.9 Å². The number of rotatable bonds is 2. The van der Waals surface area contributed by atoms with Gasteiger partial charge in [-0.3, -0.25) is 5.32 Å². The molecule has 0 bridgehead atoms. The van der Waals surface area contributed by atoms with Crippen LogP contribution in [0.15, 0.2) is 48.5 Å². The van der Waals surface area contributed by atoms with Crippen LogP contribution in [0.4, 0.5) is 13.2 Å². The maximum absolute atomic E-state index is 14.0. The average Bonchev–Trinajstić information content (AvgIpc) is 2.46. The van der Waals surface area contributed by atoms with E-state index < -0.39 is 11.7 Å². The van der Waals surface area contributed by atoms with Gasteiger partial charge in [0.15, 0.2) is 5.54 Å². The average molecular weight is 293 g/mol. The molecule has 1 N–H and O–H groups in total. The SMILES string of the molecule is CCNC1(C(F)(F)F)c2ccccc2Oc2ccccc21. The molecule has 2 aromatic rings. The molecule has 2 nitrogen and oxygen atoms in total. The molecule has 21 heavy (non-hydrogen) atoms. The van der Waals surface area contributed by atoms with Crippen LogP contribution in [0.1, 0.15) is 18.1 Å². The van der Waals surface area contributed by atoms with Crippen LogP contribution in [-0.2, 0) is 5.54 Å². The molecule has 3 rings (SSSR count). The van der Waals surface area contributed by atoms with E-state index in [-0.39, 0.29) is 29.2 Å². The first kappa shape index (κ1) is 13.9. The minimum absolute atomic E-state index is 0.0954. The van der Waals surface area contributed by atoms with E-state index in [0.717, 1.165) is 0 Å². The Balaban J connectivity index is 2.36. The van der Waals surface area contributed by atoms with Gasteiger partial charge in [0.25, 0.3) is 0 Å². The van der Waals surface area contributed by atoms with Gasteiger partial charge in [-0.05, 0) is 18.7 Å². The number of hydrogen-bond donors (Lipinski definition) is 1. The van der Waals surface area contributed by atoms with Crippen molar-refractivity contribution in [2.45, 2.75) is 18.6 Å². The lowest BCUT2D eigenvalue weighted by molar-refractivity contribution is -0.189. The van der Waals surface area contributed by atoms with Gasteiger partial charge in [-0.1, -0.05) is 43.3 Å². The molecule has 0 unspecified atom stereocenters. The summed E-state index contributed by atoms with van der Waals surface area (Å²) in [5.74, 6) is 0.462. The molecule has 0 spiro atoms. The highest BCUT2D eigenvalue weighted by atomic mass is 19.4. The Hall–Kier alpha value is -2.01. The first-order valence-electron chi connectivity index (χ1n) is 6.69. The summed E-state index contributed by atoms with van der Waals surface area (Å²) in [4.78, 5) is 0. The minimum Gasteiger partial charge on any atom is -0.457 e. The zero-order valence-electron chi connectivity index (χ0n) is 11.4. The lowest BCUT2D eigenvalue weighted by atomic mass is 9.79. The van der Waals surface area contributed by atoms with Crippen molar-refractivity contribution in [2.75, 3.05) is 6.54 Å². The zero-order valence-corrected chi connectivity index (χ0v) is 11.4. The maximum atomic E-state index is 14.0. The Bertz CT molecular complexity index is 621. The highest BCUT2D eigenvalue weighted by Gasteiger charge is 2.60. The molecule has 0 saturated carbocycles. The quantitative estimate of drug-likeness (QED) is 0.895. The fraction of sp³-hybridized carbons (Fsp3) is 0.250. The van der Waals surface area contributed by atoms with Crippen molar-refractivity contribution >= 4 is 0 Å². The van der Waals surface area contributed by atoms with Gasteiger partial charge in [0, 0.05) is 11.1 Å². The second-order valence-corrected chi connectivity index (χ2v) is 4.87. The van der Waals surface area contributed by atoms with E-state index in [1.54, 1.807) is 43.3 Å². The summed E-state index contributed by atoms with van der Waals surface area (Å²) in [6, 6.07) is 12.6. The molecule has 110 valence electrons. The van der Waals surface area contributed by atoms with Crippen molar-refractivity contribution in [3.63, 3.8) is 0 Å². The third-order valence-electron chi connectivity index (χ3n) is 3.67. The van der Waals surface area contributed by atoms with Gasteiger partial charge >= 0.3 is 6.18 Å². The summed E-state index contributed by atoms with van der Waals surface area (Å²) in [7, 11) is 0. The second kappa shape index (κ2) is 4.77. The topological polar surface area (TPSA) is 21.3 Å². The Morgan fingerprint density at radius 1 is 0.952 bits per heavy atom. The van der Waals surface area contributed by atoms with Crippen LogP contribution in [0.25, 0.3) is 0 Å². The highest BCUT2D eigenvalue weighted by Crippen LogP contribution is 2.53. The van der Waals surface area contributed by atoms with Crippen LogP contribution in [0, 0.1) is 0 Å². The van der Waals surface area contributed by atoms with E-state index in [2.05, 4.69) is 5.32 Å². The van der Waals surface area contributed by atoms with Gasteiger partial charge in [0.2, 0.25) is 0 Å². The smallest absolute Gasteiger partial charge is 0.415 e. The summed E-state index contributed by atoms with van der Waals surface area (Å²) < 4.78 is 47.7. The van der Waals surface area contributed by atoms with Crippen molar-refractivity contribution in [3.8, 4) is 11.5 Å². The van der Waals surface area contributed by atoms with Crippen LogP contribution in [0.2, 0.25) is 0 Å². The first-order valence-corrected chi connectivity index (χ1v) is 6.69. The van der Waals surface area contributed by atoms with Crippen LogP contribution in [0.5, 0.6) is 11.5 Å². The lowest BCUT2D eigenvalue weighted by Crippen LogP contribution is -2.56.